The van der Waals surface area contributed by atoms with Crippen LogP contribution in [0.5, 0.6) is 0 Å². The quantitative estimate of drug-likeness (QED) is 0.408. The first-order valence-corrected chi connectivity index (χ1v) is 12.6. The van der Waals surface area contributed by atoms with E-state index in [2.05, 4.69) is 4.90 Å². The Bertz CT molecular complexity index is 1080. The molecule has 0 saturated carbocycles. The number of benzene rings is 2. The number of rotatable bonds is 11. The highest BCUT2D eigenvalue weighted by Crippen LogP contribution is 2.14. The Morgan fingerprint density at radius 1 is 0.889 bits per heavy atom. The summed E-state index contributed by atoms with van der Waals surface area (Å²) in [5, 5.41) is 0. The van der Waals surface area contributed by atoms with Gasteiger partial charge in [0.15, 0.2) is 0 Å². The van der Waals surface area contributed by atoms with Gasteiger partial charge in [0, 0.05) is 38.3 Å². The van der Waals surface area contributed by atoms with E-state index in [1.165, 1.54) is 0 Å². The Kier molecular flexibility index (Phi) is 9.30. The van der Waals surface area contributed by atoms with Gasteiger partial charge in [-0.1, -0.05) is 48.0 Å². The SMILES string of the molecule is Cc1ccc(C(=O)N(CCCN2CCOCC2)CC(=O)N(Cc2ccccc2)Cc2ccco2)cc1. The Hall–Kier alpha value is -3.42. The van der Waals surface area contributed by atoms with Gasteiger partial charge in [0.05, 0.1) is 26.0 Å². The van der Waals surface area contributed by atoms with Crippen LogP contribution in [0.1, 0.15) is 33.7 Å². The molecule has 0 bridgehead atoms. The molecule has 1 fully saturated rings. The fraction of sp³-hybridized carbons (Fsp3) is 0.379. The first-order valence-electron chi connectivity index (χ1n) is 12.6. The summed E-state index contributed by atoms with van der Waals surface area (Å²) in [4.78, 5) is 32.9. The van der Waals surface area contributed by atoms with Crippen LogP contribution >= 0.6 is 0 Å². The third kappa shape index (κ3) is 7.54. The largest absolute Gasteiger partial charge is 0.467 e. The molecule has 2 heterocycles. The van der Waals surface area contributed by atoms with Gasteiger partial charge in [0.2, 0.25) is 5.91 Å². The van der Waals surface area contributed by atoms with Crippen molar-refractivity contribution in [1.82, 2.24) is 14.7 Å². The second-order valence-electron chi connectivity index (χ2n) is 9.22. The molecule has 0 aliphatic carbocycles. The van der Waals surface area contributed by atoms with Crippen molar-refractivity contribution < 1.29 is 18.7 Å². The summed E-state index contributed by atoms with van der Waals surface area (Å²) in [6.45, 7) is 7.47. The van der Waals surface area contributed by atoms with Crippen molar-refractivity contribution in [3.05, 3.63) is 95.4 Å². The fourth-order valence-corrected chi connectivity index (χ4v) is 4.33. The van der Waals surface area contributed by atoms with Gasteiger partial charge in [0.1, 0.15) is 12.3 Å². The predicted octanol–water partition coefficient (Wildman–Crippen LogP) is 3.98. The Balaban J connectivity index is 1.47. The van der Waals surface area contributed by atoms with Crippen molar-refractivity contribution in [3.63, 3.8) is 0 Å². The third-order valence-electron chi connectivity index (χ3n) is 6.41. The molecule has 2 amide bonds. The van der Waals surface area contributed by atoms with Crippen molar-refractivity contribution in [3.8, 4) is 0 Å². The molecule has 0 atom stereocenters. The van der Waals surface area contributed by atoms with E-state index in [4.69, 9.17) is 9.15 Å². The monoisotopic (exact) mass is 489 g/mol. The lowest BCUT2D eigenvalue weighted by molar-refractivity contribution is -0.133. The summed E-state index contributed by atoms with van der Waals surface area (Å²) in [6, 6.07) is 21.1. The molecule has 36 heavy (non-hydrogen) atoms. The molecule has 1 saturated heterocycles. The van der Waals surface area contributed by atoms with Gasteiger partial charge in [-0.3, -0.25) is 14.5 Å². The number of aryl methyl sites for hydroxylation is 1. The maximum Gasteiger partial charge on any atom is 0.254 e. The second-order valence-corrected chi connectivity index (χ2v) is 9.22. The smallest absolute Gasteiger partial charge is 0.254 e. The molecular weight excluding hydrogens is 454 g/mol. The first kappa shape index (κ1) is 25.7. The minimum atomic E-state index is -0.122. The zero-order valence-electron chi connectivity index (χ0n) is 21.0. The van der Waals surface area contributed by atoms with E-state index in [0.29, 0.717) is 31.0 Å². The molecule has 2 aromatic carbocycles. The standard InChI is InChI=1S/C29H35N3O4/c1-24-10-12-26(13-11-24)29(34)31(15-6-14-30-16-19-35-20-17-30)23-28(33)32(22-27-9-5-18-36-27)21-25-7-3-2-4-8-25/h2-5,7-13,18H,6,14-17,19-23H2,1H3. The number of ether oxygens (including phenoxy) is 1. The summed E-state index contributed by atoms with van der Waals surface area (Å²) in [7, 11) is 0. The van der Waals surface area contributed by atoms with E-state index in [1.807, 2.05) is 73.7 Å². The molecule has 4 rings (SSSR count). The summed E-state index contributed by atoms with van der Waals surface area (Å²) in [5.74, 6) is 0.480. The lowest BCUT2D eigenvalue weighted by atomic mass is 10.1. The number of hydrogen-bond acceptors (Lipinski definition) is 5. The molecule has 0 N–H and O–H groups in total. The lowest BCUT2D eigenvalue weighted by Gasteiger charge is -2.30. The van der Waals surface area contributed by atoms with Gasteiger partial charge in [-0.2, -0.15) is 0 Å². The zero-order valence-corrected chi connectivity index (χ0v) is 21.0. The lowest BCUT2D eigenvalue weighted by Crippen LogP contribution is -2.44. The van der Waals surface area contributed by atoms with Crippen LogP contribution in [0.25, 0.3) is 0 Å². The molecule has 3 aromatic rings. The van der Waals surface area contributed by atoms with E-state index in [9.17, 15) is 9.59 Å². The van der Waals surface area contributed by atoms with Crippen LogP contribution in [0.2, 0.25) is 0 Å². The molecular formula is C29H35N3O4. The summed E-state index contributed by atoms with van der Waals surface area (Å²) in [6.07, 6.45) is 2.40. The molecule has 7 nitrogen and oxygen atoms in total. The van der Waals surface area contributed by atoms with E-state index < -0.39 is 0 Å². The third-order valence-corrected chi connectivity index (χ3v) is 6.41. The van der Waals surface area contributed by atoms with Crippen molar-refractivity contribution in [2.75, 3.05) is 45.9 Å². The summed E-state index contributed by atoms with van der Waals surface area (Å²) >= 11 is 0. The maximum absolute atomic E-state index is 13.6. The fourth-order valence-electron chi connectivity index (χ4n) is 4.33. The minimum Gasteiger partial charge on any atom is -0.467 e. The van der Waals surface area contributed by atoms with Gasteiger partial charge in [0.25, 0.3) is 5.91 Å². The van der Waals surface area contributed by atoms with Crippen LogP contribution in [0.3, 0.4) is 0 Å². The highest BCUT2D eigenvalue weighted by molar-refractivity contribution is 5.96. The van der Waals surface area contributed by atoms with Crippen molar-refractivity contribution in [1.29, 1.82) is 0 Å². The maximum atomic E-state index is 13.6. The minimum absolute atomic E-state index is 0.0172. The van der Waals surface area contributed by atoms with Gasteiger partial charge in [-0.15, -0.1) is 0 Å². The molecule has 1 aliphatic rings. The van der Waals surface area contributed by atoms with Gasteiger partial charge < -0.3 is 19.0 Å². The number of carbonyl (C=O) groups excluding carboxylic acids is 2. The number of furan rings is 1. The topological polar surface area (TPSA) is 66.2 Å². The second kappa shape index (κ2) is 13.0. The van der Waals surface area contributed by atoms with Gasteiger partial charge in [-0.25, -0.2) is 0 Å². The Morgan fingerprint density at radius 3 is 2.33 bits per heavy atom. The van der Waals surface area contributed by atoms with Crippen LogP contribution in [0.15, 0.2) is 77.4 Å². The molecule has 0 radical (unpaired) electrons. The molecule has 1 aromatic heterocycles. The zero-order chi connectivity index (χ0) is 25.2. The van der Waals surface area contributed by atoms with Gasteiger partial charge >= 0.3 is 0 Å². The number of hydrogen-bond donors (Lipinski definition) is 0. The van der Waals surface area contributed by atoms with Crippen LogP contribution in [0.4, 0.5) is 0 Å². The van der Waals surface area contributed by atoms with E-state index in [1.54, 1.807) is 16.1 Å². The van der Waals surface area contributed by atoms with Crippen LogP contribution in [0, 0.1) is 6.92 Å². The Morgan fingerprint density at radius 2 is 1.64 bits per heavy atom. The first-order chi connectivity index (χ1) is 17.6. The van der Waals surface area contributed by atoms with E-state index in [0.717, 1.165) is 50.4 Å². The number of morpholine rings is 1. The number of nitrogens with zero attached hydrogens (tertiary/aromatic N) is 3. The molecule has 1 aliphatic heterocycles. The summed E-state index contributed by atoms with van der Waals surface area (Å²) < 4.78 is 11.0. The Labute approximate surface area is 213 Å². The molecule has 7 heteroatoms. The highest BCUT2D eigenvalue weighted by atomic mass is 16.5. The normalized spacial score (nSPS) is 13.9. The molecule has 0 spiro atoms. The average Bonchev–Trinajstić information content (AvgIpc) is 3.42. The predicted molar refractivity (Wildman–Crippen MR) is 138 cm³/mol. The van der Waals surface area contributed by atoms with Crippen molar-refractivity contribution in [2.24, 2.45) is 0 Å². The average molecular weight is 490 g/mol. The van der Waals surface area contributed by atoms with Crippen LogP contribution in [-0.4, -0.2) is 72.5 Å². The van der Waals surface area contributed by atoms with Crippen LogP contribution < -0.4 is 0 Å². The number of carbonyl (C=O) groups is 2. The van der Waals surface area contributed by atoms with Crippen LogP contribution in [-0.2, 0) is 22.6 Å². The molecule has 0 unspecified atom stereocenters. The van der Waals surface area contributed by atoms with E-state index in [-0.39, 0.29) is 18.4 Å². The van der Waals surface area contributed by atoms with Crippen molar-refractivity contribution in [2.45, 2.75) is 26.4 Å². The van der Waals surface area contributed by atoms with E-state index >= 15 is 0 Å². The highest BCUT2D eigenvalue weighted by Gasteiger charge is 2.24. The van der Waals surface area contributed by atoms with Gasteiger partial charge in [-0.05, 0) is 43.2 Å². The molecule has 190 valence electrons. The number of amides is 2. The summed E-state index contributed by atoms with van der Waals surface area (Å²) in [5.41, 5.74) is 2.72. The van der Waals surface area contributed by atoms with Crippen molar-refractivity contribution >= 4 is 11.8 Å².